The van der Waals surface area contributed by atoms with Crippen LogP contribution in [0.1, 0.15) is 71.5 Å². The van der Waals surface area contributed by atoms with Crippen LogP contribution in [-0.2, 0) is 19.1 Å². The summed E-state index contributed by atoms with van der Waals surface area (Å²) < 4.78 is 11.9. The van der Waals surface area contributed by atoms with Crippen LogP contribution in [0.5, 0.6) is 0 Å². The van der Waals surface area contributed by atoms with Crippen LogP contribution in [-0.4, -0.2) is 57.0 Å². The third-order valence-electron chi connectivity index (χ3n) is 7.51. The topological polar surface area (TPSA) is 109 Å². The molecule has 0 bridgehead atoms. The van der Waals surface area contributed by atoms with Gasteiger partial charge in [0.25, 0.3) is 0 Å². The van der Waals surface area contributed by atoms with Gasteiger partial charge in [-0.05, 0) is 38.8 Å². The van der Waals surface area contributed by atoms with E-state index in [1.165, 1.54) is 0 Å². The maximum Gasteiger partial charge on any atom is 0.309 e. The molecule has 2 aliphatic rings. The van der Waals surface area contributed by atoms with Gasteiger partial charge in [0.2, 0.25) is 0 Å². The van der Waals surface area contributed by atoms with Gasteiger partial charge in [-0.1, -0.05) is 39.8 Å². The molecule has 7 atom stereocenters. The first-order valence-electron chi connectivity index (χ1n) is 12.3. The summed E-state index contributed by atoms with van der Waals surface area (Å²) in [6.07, 6.45) is 3.84. The minimum absolute atomic E-state index is 0.0968. The maximum atomic E-state index is 13.2. The van der Waals surface area contributed by atoms with E-state index < -0.39 is 35.6 Å². The summed E-state index contributed by atoms with van der Waals surface area (Å²) in [6, 6.07) is 0. The fourth-order valence-corrected chi connectivity index (χ4v) is 5.24. The van der Waals surface area contributed by atoms with Crippen LogP contribution >= 0.6 is 11.3 Å². The van der Waals surface area contributed by atoms with Gasteiger partial charge < -0.3 is 19.7 Å². The molecule has 0 aliphatic carbocycles. The number of ether oxygens (including phenoxy) is 2. The van der Waals surface area contributed by atoms with Crippen LogP contribution in [0.2, 0.25) is 0 Å². The van der Waals surface area contributed by atoms with Gasteiger partial charge in [-0.3, -0.25) is 9.59 Å². The number of Topliss-reactive ketones (excluding diaryl/α,β-unsaturated/α-hetero) is 1. The Labute approximate surface area is 212 Å². The van der Waals surface area contributed by atoms with E-state index in [0.717, 1.165) is 16.3 Å². The number of hydrogen-bond donors (Lipinski definition) is 2. The van der Waals surface area contributed by atoms with Crippen molar-refractivity contribution in [3.8, 4) is 0 Å². The highest BCUT2D eigenvalue weighted by molar-refractivity contribution is 7.09. The summed E-state index contributed by atoms with van der Waals surface area (Å²) in [7, 11) is 0. The molecule has 0 radical (unpaired) electrons. The van der Waals surface area contributed by atoms with E-state index in [1.54, 1.807) is 32.1 Å². The number of carbonyl (C=O) groups is 2. The molecule has 1 unspecified atom stereocenters. The van der Waals surface area contributed by atoms with Crippen LogP contribution in [0.4, 0.5) is 0 Å². The van der Waals surface area contributed by atoms with E-state index in [1.807, 2.05) is 51.3 Å². The number of ketones is 1. The van der Waals surface area contributed by atoms with E-state index >= 15 is 0 Å². The molecule has 2 N–H and O–H groups in total. The molecule has 1 aromatic heterocycles. The van der Waals surface area contributed by atoms with Crippen molar-refractivity contribution in [2.75, 3.05) is 0 Å². The number of aromatic nitrogens is 1. The average Bonchev–Trinajstić information content (AvgIpc) is 3.22. The molecule has 3 heterocycles. The summed E-state index contributed by atoms with van der Waals surface area (Å²) >= 11 is 1.55. The highest BCUT2D eigenvalue weighted by Gasteiger charge is 2.52. The van der Waals surface area contributed by atoms with E-state index in [4.69, 9.17) is 9.47 Å². The molecule has 2 aliphatic heterocycles. The smallest absolute Gasteiger partial charge is 0.309 e. The van der Waals surface area contributed by atoms with Crippen molar-refractivity contribution in [1.29, 1.82) is 0 Å². The zero-order valence-electron chi connectivity index (χ0n) is 21.8. The number of hydrogen-bond acceptors (Lipinski definition) is 8. The first-order chi connectivity index (χ1) is 16.2. The molecule has 0 saturated carbocycles. The van der Waals surface area contributed by atoms with Crippen LogP contribution < -0.4 is 0 Å². The Kier molecular flexibility index (Phi) is 8.41. The fourth-order valence-electron chi connectivity index (χ4n) is 4.67. The van der Waals surface area contributed by atoms with E-state index in [9.17, 15) is 19.8 Å². The Balaban J connectivity index is 1.89. The van der Waals surface area contributed by atoms with Crippen LogP contribution in [0.3, 0.4) is 0 Å². The lowest BCUT2D eigenvalue weighted by Crippen LogP contribution is -2.45. The zero-order chi connectivity index (χ0) is 26.1. The van der Waals surface area contributed by atoms with Crippen LogP contribution in [0, 0.1) is 24.2 Å². The molecular formula is C27H39NO6S. The van der Waals surface area contributed by atoms with Crippen molar-refractivity contribution >= 4 is 29.2 Å². The number of aliphatic hydroxyl groups is 2. The van der Waals surface area contributed by atoms with E-state index in [0.29, 0.717) is 12.8 Å². The van der Waals surface area contributed by atoms with Crippen molar-refractivity contribution in [1.82, 2.24) is 4.98 Å². The average molecular weight is 506 g/mol. The number of cyclic esters (lactones) is 1. The second kappa shape index (κ2) is 10.6. The number of aryl methyl sites for hydroxylation is 1. The summed E-state index contributed by atoms with van der Waals surface area (Å²) in [6.45, 7) is 12.6. The highest BCUT2D eigenvalue weighted by Crippen LogP contribution is 2.44. The molecule has 8 heteroatoms. The summed E-state index contributed by atoms with van der Waals surface area (Å²) in [4.78, 5) is 30.6. The van der Waals surface area contributed by atoms with Gasteiger partial charge in [-0.2, -0.15) is 0 Å². The SMILES string of the molecule is C/C(=C\c1csc(C)n1)[C@@H]1C[C@H]2O[C@@]2(C)C/C=C/[C@H](C)C(O)[C@@H](C)C(=O)C(C)(C)[C@@H](O)CC(=O)O1. The third-order valence-corrected chi connectivity index (χ3v) is 8.30. The van der Waals surface area contributed by atoms with Gasteiger partial charge in [0.05, 0.1) is 46.5 Å². The van der Waals surface area contributed by atoms with Crippen molar-refractivity contribution in [3.05, 3.63) is 33.8 Å². The van der Waals surface area contributed by atoms with Gasteiger partial charge in [0.15, 0.2) is 0 Å². The monoisotopic (exact) mass is 505 g/mol. The minimum Gasteiger partial charge on any atom is -0.458 e. The Hall–Kier alpha value is -1.87. The first kappa shape index (κ1) is 27.7. The molecule has 1 saturated heterocycles. The molecule has 0 amide bonds. The van der Waals surface area contributed by atoms with Gasteiger partial charge >= 0.3 is 5.97 Å². The van der Waals surface area contributed by atoms with Crippen molar-refractivity contribution in [2.45, 2.75) is 97.7 Å². The quantitative estimate of drug-likeness (QED) is 0.351. The van der Waals surface area contributed by atoms with Gasteiger partial charge in [0, 0.05) is 23.6 Å². The predicted molar refractivity (Wildman–Crippen MR) is 136 cm³/mol. The van der Waals surface area contributed by atoms with Crippen molar-refractivity contribution in [2.24, 2.45) is 17.3 Å². The molecule has 3 rings (SSSR count). The van der Waals surface area contributed by atoms with Gasteiger partial charge in [-0.15, -0.1) is 11.3 Å². The van der Waals surface area contributed by atoms with Crippen LogP contribution in [0.25, 0.3) is 6.08 Å². The fraction of sp³-hybridized carbons (Fsp3) is 0.667. The molecule has 1 fully saturated rings. The van der Waals surface area contributed by atoms with Crippen molar-refractivity contribution in [3.63, 3.8) is 0 Å². The zero-order valence-corrected chi connectivity index (χ0v) is 22.6. The highest BCUT2D eigenvalue weighted by atomic mass is 32.1. The number of epoxide rings is 1. The Morgan fingerprint density at radius 3 is 2.54 bits per heavy atom. The number of aliphatic hydroxyl groups excluding tert-OH is 2. The summed E-state index contributed by atoms with van der Waals surface area (Å²) in [5, 5.41) is 24.5. The standard InChI is InChI=1S/C27H39NO6S/c1-15-9-8-10-27(7)22(34-27)12-20(16(2)11-19-14-35-18(4)28-19)33-23(30)13-21(29)26(5,6)25(32)17(3)24(15)31/h8-9,11,14-15,17,20-22,24,29,31H,10,12-13H2,1-7H3/b9-8+,16-11+/t15-,17+,20-,21-,22+,24?,27-/m0/s1. The Morgan fingerprint density at radius 1 is 1.23 bits per heavy atom. The lowest BCUT2D eigenvalue weighted by atomic mass is 9.73. The number of thiazole rings is 1. The van der Waals surface area contributed by atoms with Crippen molar-refractivity contribution < 1.29 is 29.3 Å². The Bertz CT molecular complexity index is 998. The summed E-state index contributed by atoms with van der Waals surface area (Å²) in [5.74, 6) is -1.83. The number of rotatable bonds is 2. The molecule has 1 aromatic rings. The summed E-state index contributed by atoms with van der Waals surface area (Å²) in [5.41, 5.74) is 0.0391. The normalized spacial score (nSPS) is 37.9. The molecular weight excluding hydrogens is 466 g/mol. The first-order valence-corrected chi connectivity index (χ1v) is 13.2. The van der Waals surface area contributed by atoms with Gasteiger partial charge in [-0.25, -0.2) is 4.98 Å². The number of esters is 1. The molecule has 7 nitrogen and oxygen atoms in total. The van der Waals surface area contributed by atoms with Gasteiger partial charge in [0.1, 0.15) is 11.9 Å². The number of nitrogens with zero attached hydrogens (tertiary/aromatic N) is 1. The molecule has 0 spiro atoms. The lowest BCUT2D eigenvalue weighted by molar-refractivity contribution is -0.154. The number of carbonyl (C=O) groups excluding carboxylic acids is 2. The maximum absolute atomic E-state index is 13.2. The predicted octanol–water partition coefficient (Wildman–Crippen LogP) is 4.25. The second-order valence-corrected chi connectivity index (χ2v) is 12.0. The molecule has 0 aromatic carbocycles. The second-order valence-electron chi connectivity index (χ2n) is 10.9. The Morgan fingerprint density at radius 2 is 1.91 bits per heavy atom. The van der Waals surface area contributed by atoms with E-state index in [2.05, 4.69) is 4.98 Å². The third kappa shape index (κ3) is 6.47. The van der Waals surface area contributed by atoms with E-state index in [-0.39, 0.29) is 29.8 Å². The lowest BCUT2D eigenvalue weighted by Gasteiger charge is -2.34. The largest absolute Gasteiger partial charge is 0.458 e. The number of fused-ring (bicyclic) bond motifs is 1. The molecule has 194 valence electrons. The van der Waals surface area contributed by atoms with Crippen LogP contribution in [0.15, 0.2) is 23.1 Å². The molecule has 35 heavy (non-hydrogen) atoms. The minimum atomic E-state index is -1.25.